The van der Waals surface area contributed by atoms with Crippen LogP contribution in [0.2, 0.25) is 0 Å². The fourth-order valence-corrected chi connectivity index (χ4v) is 4.25. The molecule has 1 aliphatic heterocycles. The Labute approximate surface area is 160 Å². The van der Waals surface area contributed by atoms with Gasteiger partial charge in [-0.25, -0.2) is 9.07 Å². The Kier molecular flexibility index (Phi) is 3.79. The van der Waals surface area contributed by atoms with Crippen LogP contribution in [0.4, 0.5) is 10.2 Å². The van der Waals surface area contributed by atoms with Crippen LogP contribution in [0.25, 0.3) is 5.69 Å². The molecule has 2 aromatic carbocycles. The van der Waals surface area contributed by atoms with Gasteiger partial charge in [0.05, 0.1) is 17.2 Å². The van der Waals surface area contributed by atoms with Gasteiger partial charge < -0.3 is 5.32 Å². The molecule has 2 aliphatic rings. The number of nitrogens with one attached hydrogen (secondary N) is 2. The highest BCUT2D eigenvalue weighted by Crippen LogP contribution is 2.44. The Morgan fingerprint density at radius 3 is 2.46 bits per heavy atom. The highest BCUT2D eigenvalue weighted by molar-refractivity contribution is 5.89. The Hall–Kier alpha value is -3.41. The molecule has 0 amide bonds. The topological polar surface area (TPSA) is 66.9 Å². The lowest BCUT2D eigenvalue weighted by molar-refractivity contribution is -0.122. The number of rotatable bonds is 2. The molecule has 2 atom stereocenters. The number of Topliss-reactive ketones (excluding diaryl/α,β-unsaturated/α-hetero) is 1. The third kappa shape index (κ3) is 2.52. The molecule has 6 heteroatoms. The van der Waals surface area contributed by atoms with Gasteiger partial charge in [-0.15, -0.1) is 0 Å². The number of carbonyl (C=O) groups excluding carboxylic acids is 1. The molecule has 0 radical (unpaired) electrons. The van der Waals surface area contributed by atoms with E-state index < -0.39 is 11.8 Å². The largest absolute Gasteiger partial charge is 0.343 e. The van der Waals surface area contributed by atoms with Crippen molar-refractivity contribution in [3.8, 4) is 5.69 Å². The van der Waals surface area contributed by atoms with E-state index in [1.54, 1.807) is 12.1 Å². The van der Waals surface area contributed by atoms with E-state index in [2.05, 4.69) is 10.4 Å². The first-order valence-corrected chi connectivity index (χ1v) is 9.29. The Balaban J connectivity index is 1.75. The van der Waals surface area contributed by atoms with Crippen LogP contribution in [0.3, 0.4) is 0 Å². The maximum absolute atomic E-state index is 13.5. The van der Waals surface area contributed by atoms with E-state index in [1.807, 2.05) is 36.4 Å². The van der Waals surface area contributed by atoms with Gasteiger partial charge in [0, 0.05) is 18.0 Å². The number of fused-ring (bicyclic) bond motifs is 2. The number of halogens is 1. The third-order valence-electron chi connectivity index (χ3n) is 5.52. The number of allylic oxidation sites excluding steroid dienone is 2. The van der Waals surface area contributed by atoms with Crippen LogP contribution >= 0.6 is 0 Å². The van der Waals surface area contributed by atoms with Crippen LogP contribution in [0.15, 0.2) is 71.2 Å². The first-order valence-electron chi connectivity index (χ1n) is 9.29. The van der Waals surface area contributed by atoms with Gasteiger partial charge in [-0.1, -0.05) is 36.4 Å². The number of nitrogens with zero attached hydrogens (tertiary/aromatic N) is 1. The summed E-state index contributed by atoms with van der Waals surface area (Å²) in [7, 11) is 0. The minimum Gasteiger partial charge on any atom is -0.343 e. The summed E-state index contributed by atoms with van der Waals surface area (Å²) in [6.45, 7) is 0. The second-order valence-electron chi connectivity index (χ2n) is 7.17. The number of ketones is 1. The molecule has 140 valence electrons. The third-order valence-corrected chi connectivity index (χ3v) is 5.52. The Bertz CT molecular complexity index is 1140. The zero-order valence-corrected chi connectivity index (χ0v) is 15.0. The first-order chi connectivity index (χ1) is 13.6. The van der Waals surface area contributed by atoms with E-state index >= 15 is 0 Å². The van der Waals surface area contributed by atoms with E-state index in [9.17, 15) is 14.0 Å². The van der Waals surface area contributed by atoms with Gasteiger partial charge in [-0.2, -0.15) is 0 Å². The molecular formula is C22H18FN3O2. The van der Waals surface area contributed by atoms with Crippen molar-refractivity contribution in [2.75, 3.05) is 5.32 Å². The van der Waals surface area contributed by atoms with Gasteiger partial charge >= 0.3 is 0 Å². The molecule has 28 heavy (non-hydrogen) atoms. The molecule has 0 saturated carbocycles. The van der Waals surface area contributed by atoms with E-state index in [4.69, 9.17) is 0 Å². The van der Waals surface area contributed by atoms with Crippen molar-refractivity contribution in [2.24, 2.45) is 5.92 Å². The van der Waals surface area contributed by atoms with Crippen molar-refractivity contribution in [3.63, 3.8) is 0 Å². The monoisotopic (exact) mass is 375 g/mol. The number of anilines is 1. The summed E-state index contributed by atoms with van der Waals surface area (Å²) >= 11 is 0. The first kappa shape index (κ1) is 16.7. The van der Waals surface area contributed by atoms with Gasteiger partial charge in [0.15, 0.2) is 0 Å². The second kappa shape index (κ2) is 6.34. The lowest BCUT2D eigenvalue weighted by Gasteiger charge is -2.35. The summed E-state index contributed by atoms with van der Waals surface area (Å²) in [5, 5.41) is 6.41. The number of hydrogen-bond acceptors (Lipinski definition) is 3. The highest BCUT2D eigenvalue weighted by Gasteiger charge is 2.42. The van der Waals surface area contributed by atoms with Crippen molar-refractivity contribution < 1.29 is 9.18 Å². The van der Waals surface area contributed by atoms with E-state index in [0.717, 1.165) is 11.3 Å². The fraction of sp³-hybridized carbons (Fsp3) is 0.182. The number of para-hydroxylation sites is 1. The van der Waals surface area contributed by atoms with Crippen LogP contribution in [0, 0.1) is 11.7 Å². The van der Waals surface area contributed by atoms with Gasteiger partial charge in [-0.05, 0) is 36.2 Å². The molecule has 1 aliphatic carbocycles. The van der Waals surface area contributed by atoms with Crippen molar-refractivity contribution in [3.05, 3.63) is 93.7 Å². The van der Waals surface area contributed by atoms with Crippen LogP contribution in [-0.2, 0) is 4.79 Å². The standard InChI is InChI=1S/C22H18FN3O2/c23-14-11-9-13(10-12-14)18-19-16(7-4-8-17(19)27)24-21-20(18)22(28)26(25-21)15-5-2-1-3-6-15/h1-3,5-7,9-12,18-19,24-25H,4,8H2/t18-,19-/m1/s1. The lowest BCUT2D eigenvalue weighted by atomic mass is 9.72. The average molecular weight is 375 g/mol. The number of benzene rings is 2. The van der Waals surface area contributed by atoms with Gasteiger partial charge in [-0.3, -0.25) is 14.7 Å². The molecule has 0 saturated heterocycles. The molecule has 0 unspecified atom stereocenters. The summed E-state index contributed by atoms with van der Waals surface area (Å²) in [5.74, 6) is -0.583. The van der Waals surface area contributed by atoms with Gasteiger partial charge in [0.1, 0.15) is 17.4 Å². The van der Waals surface area contributed by atoms with Crippen molar-refractivity contribution >= 4 is 11.6 Å². The van der Waals surface area contributed by atoms with Crippen LogP contribution in [-0.4, -0.2) is 15.6 Å². The molecular weight excluding hydrogens is 357 g/mol. The molecule has 1 aromatic heterocycles. The van der Waals surface area contributed by atoms with Gasteiger partial charge in [0.25, 0.3) is 5.56 Å². The van der Waals surface area contributed by atoms with Gasteiger partial charge in [0.2, 0.25) is 0 Å². The Morgan fingerprint density at radius 1 is 0.964 bits per heavy atom. The zero-order chi connectivity index (χ0) is 19.3. The molecule has 3 aromatic rings. The Morgan fingerprint density at radius 2 is 1.71 bits per heavy atom. The number of carbonyl (C=O) groups is 1. The summed E-state index contributed by atoms with van der Waals surface area (Å²) < 4.78 is 15.0. The lowest BCUT2D eigenvalue weighted by Crippen LogP contribution is -2.36. The summed E-state index contributed by atoms with van der Waals surface area (Å²) in [4.78, 5) is 26.1. The molecule has 2 N–H and O–H groups in total. The minimum absolute atomic E-state index is 0.0943. The van der Waals surface area contributed by atoms with E-state index in [-0.39, 0.29) is 17.2 Å². The van der Waals surface area contributed by atoms with Crippen molar-refractivity contribution in [1.82, 2.24) is 9.78 Å². The predicted octanol–water partition coefficient (Wildman–Crippen LogP) is 3.73. The molecule has 0 spiro atoms. The zero-order valence-electron chi connectivity index (χ0n) is 15.0. The van der Waals surface area contributed by atoms with Crippen molar-refractivity contribution in [1.29, 1.82) is 0 Å². The number of aromatic amines is 1. The van der Waals surface area contributed by atoms with Crippen molar-refractivity contribution in [2.45, 2.75) is 18.8 Å². The quantitative estimate of drug-likeness (QED) is 0.717. The number of H-pyrrole nitrogens is 1. The van der Waals surface area contributed by atoms with Crippen LogP contribution in [0.5, 0.6) is 0 Å². The smallest absolute Gasteiger partial charge is 0.277 e. The summed E-state index contributed by atoms with van der Waals surface area (Å²) in [6, 6.07) is 15.3. The molecule has 0 bridgehead atoms. The SMILES string of the molecule is O=C1CCC=C2Nc3[nH]n(-c4ccccc4)c(=O)c3[C@H](c3ccc(F)cc3)[C@@H]12. The predicted molar refractivity (Wildman–Crippen MR) is 104 cm³/mol. The number of aromatic nitrogens is 2. The second-order valence-corrected chi connectivity index (χ2v) is 7.17. The summed E-state index contributed by atoms with van der Waals surface area (Å²) in [5.41, 5.74) is 2.57. The van der Waals surface area contributed by atoms with Crippen LogP contribution in [0.1, 0.15) is 29.9 Å². The normalized spacial score (nSPS) is 20.8. The average Bonchev–Trinajstić information content (AvgIpc) is 3.04. The molecule has 2 heterocycles. The fourth-order valence-electron chi connectivity index (χ4n) is 4.25. The molecule has 5 nitrogen and oxygen atoms in total. The van der Waals surface area contributed by atoms with E-state index in [0.29, 0.717) is 29.9 Å². The maximum Gasteiger partial charge on any atom is 0.277 e. The molecule has 0 fully saturated rings. The highest BCUT2D eigenvalue weighted by atomic mass is 19.1. The summed E-state index contributed by atoms with van der Waals surface area (Å²) in [6.07, 6.45) is 3.14. The molecule has 5 rings (SSSR count). The van der Waals surface area contributed by atoms with E-state index in [1.165, 1.54) is 16.8 Å². The maximum atomic E-state index is 13.5. The van der Waals surface area contributed by atoms with Crippen LogP contribution < -0.4 is 10.9 Å². The number of hydrogen-bond donors (Lipinski definition) is 2. The minimum atomic E-state index is -0.459.